The fourth-order valence-corrected chi connectivity index (χ4v) is 9.96. The number of esters is 3. The second kappa shape index (κ2) is 65.6. The van der Waals surface area contributed by atoms with Gasteiger partial charge in [-0.2, -0.15) is 0 Å². The molecule has 0 saturated carbocycles. The molecular weight excluding hydrogens is 949 g/mol. The summed E-state index contributed by atoms with van der Waals surface area (Å²) in [5.41, 5.74) is 0. The first kappa shape index (κ1) is 74.1. The molecular formula is C71H128O6. The largest absolute Gasteiger partial charge is 0.462 e. The molecule has 0 heterocycles. The Morgan fingerprint density at radius 2 is 0.506 bits per heavy atom. The summed E-state index contributed by atoms with van der Waals surface area (Å²) in [7, 11) is 0. The molecule has 0 aromatic heterocycles. The van der Waals surface area contributed by atoms with E-state index in [1.54, 1.807) is 0 Å². The van der Waals surface area contributed by atoms with E-state index in [0.29, 0.717) is 19.3 Å². The van der Waals surface area contributed by atoms with E-state index >= 15 is 0 Å². The van der Waals surface area contributed by atoms with Crippen LogP contribution in [0.2, 0.25) is 0 Å². The molecule has 1 unspecified atom stereocenters. The highest BCUT2D eigenvalue weighted by molar-refractivity contribution is 5.71. The van der Waals surface area contributed by atoms with Crippen molar-refractivity contribution in [1.82, 2.24) is 0 Å². The summed E-state index contributed by atoms with van der Waals surface area (Å²) in [6.45, 7) is 6.56. The predicted octanol–water partition coefficient (Wildman–Crippen LogP) is 23.1. The van der Waals surface area contributed by atoms with Crippen LogP contribution in [0.15, 0.2) is 60.8 Å². The van der Waals surface area contributed by atoms with Crippen LogP contribution in [0.1, 0.15) is 355 Å². The van der Waals surface area contributed by atoms with Gasteiger partial charge < -0.3 is 14.2 Å². The Balaban J connectivity index is 4.14. The van der Waals surface area contributed by atoms with Crippen LogP contribution in [-0.2, 0) is 28.6 Å². The zero-order chi connectivity index (χ0) is 55.7. The summed E-state index contributed by atoms with van der Waals surface area (Å²) in [6.07, 6.45) is 83.9. The van der Waals surface area contributed by atoms with Crippen LogP contribution < -0.4 is 0 Å². The predicted molar refractivity (Wildman–Crippen MR) is 335 cm³/mol. The first-order valence-corrected chi connectivity index (χ1v) is 33.8. The minimum atomic E-state index is -0.774. The number of carbonyl (C=O) groups is 3. The van der Waals surface area contributed by atoms with Crippen molar-refractivity contribution in [2.24, 2.45) is 0 Å². The Bertz CT molecular complexity index is 1380. The molecule has 0 amide bonds. The van der Waals surface area contributed by atoms with Crippen molar-refractivity contribution in [3.63, 3.8) is 0 Å². The Morgan fingerprint density at radius 1 is 0.273 bits per heavy atom. The third kappa shape index (κ3) is 63.8. The molecule has 1 atom stereocenters. The maximum absolute atomic E-state index is 12.9. The van der Waals surface area contributed by atoms with E-state index in [9.17, 15) is 14.4 Å². The number of rotatable bonds is 62. The first-order chi connectivity index (χ1) is 38.0. The zero-order valence-electron chi connectivity index (χ0n) is 51.5. The quantitative estimate of drug-likeness (QED) is 0.0261. The van der Waals surface area contributed by atoms with Crippen molar-refractivity contribution in [3.8, 4) is 0 Å². The standard InChI is InChI=1S/C71H128O6/c1-4-7-10-13-16-19-22-25-27-29-30-31-32-33-34-35-36-37-38-39-40-41-42-43-45-46-49-52-55-58-61-64-70(73)76-67-68(66-75-69(72)63-60-57-54-51-48-24-21-18-15-12-9-6-3)77-71(74)65-62-59-56-53-50-47-44-28-26-23-20-17-14-11-8-5-2/h7,10,16,19,25,27-28,30-31,44,68H,4-6,8-9,11-15,17-18,20-24,26,29,32-43,45-67H2,1-3H3/b10-7-,19-16-,27-25-,31-30-,44-28-. The first-order valence-electron chi connectivity index (χ1n) is 33.8. The monoisotopic (exact) mass is 1080 g/mol. The van der Waals surface area contributed by atoms with Crippen LogP contribution in [0.5, 0.6) is 0 Å². The lowest BCUT2D eigenvalue weighted by Crippen LogP contribution is -2.30. The van der Waals surface area contributed by atoms with Gasteiger partial charge in [-0.25, -0.2) is 0 Å². The molecule has 0 aliphatic rings. The molecule has 6 nitrogen and oxygen atoms in total. The molecule has 0 aromatic rings. The van der Waals surface area contributed by atoms with Crippen LogP contribution in [0.4, 0.5) is 0 Å². The van der Waals surface area contributed by atoms with E-state index < -0.39 is 6.10 Å². The topological polar surface area (TPSA) is 78.9 Å². The highest BCUT2D eigenvalue weighted by Gasteiger charge is 2.19. The molecule has 0 bridgehead atoms. The SMILES string of the molecule is CC/C=C\C/C=C\C/C=C\C/C=C\CCCCCCCCCCCCCCCCCCCCC(=O)OCC(COC(=O)CCCCCCCCCCCCCC)OC(=O)CCCCCCC/C=C\CCCCCCCCC. The highest BCUT2D eigenvalue weighted by Crippen LogP contribution is 2.18. The van der Waals surface area contributed by atoms with E-state index in [2.05, 4.69) is 81.5 Å². The van der Waals surface area contributed by atoms with Gasteiger partial charge in [-0.05, 0) is 83.5 Å². The molecule has 0 rings (SSSR count). The van der Waals surface area contributed by atoms with Crippen LogP contribution in [0.3, 0.4) is 0 Å². The third-order valence-electron chi connectivity index (χ3n) is 15.0. The number of hydrogen-bond acceptors (Lipinski definition) is 6. The molecule has 0 fully saturated rings. The summed E-state index contributed by atoms with van der Waals surface area (Å²) in [5.74, 6) is -0.858. The van der Waals surface area contributed by atoms with E-state index in [0.717, 1.165) is 89.9 Å². The normalized spacial score (nSPS) is 12.4. The number of allylic oxidation sites excluding steroid dienone is 10. The van der Waals surface area contributed by atoms with E-state index in [1.807, 2.05) is 0 Å². The van der Waals surface area contributed by atoms with Crippen LogP contribution >= 0.6 is 0 Å². The average Bonchev–Trinajstić information content (AvgIpc) is 3.43. The number of carbonyl (C=O) groups excluding carboxylic acids is 3. The maximum Gasteiger partial charge on any atom is 0.306 e. The number of ether oxygens (including phenoxy) is 3. The smallest absolute Gasteiger partial charge is 0.306 e. The van der Waals surface area contributed by atoms with Gasteiger partial charge in [0.25, 0.3) is 0 Å². The Morgan fingerprint density at radius 3 is 0.805 bits per heavy atom. The lowest BCUT2D eigenvalue weighted by Gasteiger charge is -2.18. The van der Waals surface area contributed by atoms with Gasteiger partial charge in [0.2, 0.25) is 0 Å². The van der Waals surface area contributed by atoms with Gasteiger partial charge in [-0.1, -0.05) is 313 Å². The van der Waals surface area contributed by atoms with Crippen LogP contribution in [-0.4, -0.2) is 37.2 Å². The van der Waals surface area contributed by atoms with Gasteiger partial charge in [0.15, 0.2) is 6.10 Å². The molecule has 0 spiro atoms. The Hall–Kier alpha value is -2.89. The van der Waals surface area contributed by atoms with Crippen LogP contribution in [0, 0.1) is 0 Å². The average molecular weight is 1080 g/mol. The molecule has 0 aliphatic carbocycles. The van der Waals surface area contributed by atoms with Crippen molar-refractivity contribution in [2.75, 3.05) is 13.2 Å². The molecule has 0 saturated heterocycles. The van der Waals surface area contributed by atoms with Gasteiger partial charge in [-0.15, -0.1) is 0 Å². The molecule has 6 heteroatoms. The second-order valence-corrected chi connectivity index (χ2v) is 22.7. The zero-order valence-corrected chi connectivity index (χ0v) is 51.5. The molecule has 0 aliphatic heterocycles. The molecule has 448 valence electrons. The van der Waals surface area contributed by atoms with Crippen molar-refractivity contribution in [2.45, 2.75) is 361 Å². The summed E-state index contributed by atoms with van der Waals surface area (Å²) in [5, 5.41) is 0. The lowest BCUT2D eigenvalue weighted by molar-refractivity contribution is -0.167. The lowest BCUT2D eigenvalue weighted by atomic mass is 10.0. The molecule has 0 aromatic carbocycles. The summed E-state index contributed by atoms with van der Waals surface area (Å²) >= 11 is 0. The van der Waals surface area contributed by atoms with Crippen molar-refractivity contribution in [3.05, 3.63) is 60.8 Å². The van der Waals surface area contributed by atoms with Crippen LogP contribution in [0.25, 0.3) is 0 Å². The van der Waals surface area contributed by atoms with Gasteiger partial charge >= 0.3 is 17.9 Å². The fraction of sp³-hybridized carbons (Fsp3) is 0.817. The fourth-order valence-electron chi connectivity index (χ4n) is 9.96. The minimum absolute atomic E-state index is 0.0715. The maximum atomic E-state index is 12.9. The summed E-state index contributed by atoms with van der Waals surface area (Å²) in [4.78, 5) is 38.3. The van der Waals surface area contributed by atoms with Crippen molar-refractivity contribution < 1.29 is 28.6 Å². The second-order valence-electron chi connectivity index (χ2n) is 22.7. The highest BCUT2D eigenvalue weighted by atomic mass is 16.6. The Labute approximate surface area is 479 Å². The van der Waals surface area contributed by atoms with Crippen molar-refractivity contribution >= 4 is 17.9 Å². The van der Waals surface area contributed by atoms with Gasteiger partial charge in [0, 0.05) is 19.3 Å². The van der Waals surface area contributed by atoms with E-state index in [1.165, 1.54) is 225 Å². The number of unbranched alkanes of at least 4 members (excludes halogenated alkanes) is 41. The third-order valence-corrected chi connectivity index (χ3v) is 15.0. The molecule has 77 heavy (non-hydrogen) atoms. The Kier molecular flexibility index (Phi) is 63.2. The summed E-state index contributed by atoms with van der Waals surface area (Å²) < 4.78 is 16.9. The van der Waals surface area contributed by atoms with E-state index in [4.69, 9.17) is 14.2 Å². The van der Waals surface area contributed by atoms with Gasteiger partial charge in [-0.3, -0.25) is 14.4 Å². The molecule has 0 N–H and O–H groups in total. The van der Waals surface area contributed by atoms with Gasteiger partial charge in [0.1, 0.15) is 13.2 Å². The summed E-state index contributed by atoms with van der Waals surface area (Å²) in [6, 6.07) is 0. The van der Waals surface area contributed by atoms with E-state index in [-0.39, 0.29) is 31.1 Å². The number of hydrogen-bond donors (Lipinski definition) is 0. The van der Waals surface area contributed by atoms with Gasteiger partial charge in [0.05, 0.1) is 0 Å². The molecule has 0 radical (unpaired) electrons. The minimum Gasteiger partial charge on any atom is -0.462 e. The van der Waals surface area contributed by atoms with Crippen molar-refractivity contribution in [1.29, 1.82) is 0 Å².